The number of hydrogen-bond acceptors (Lipinski definition) is 1. The summed E-state index contributed by atoms with van der Waals surface area (Å²) in [6.07, 6.45) is 3.03. The highest BCUT2D eigenvalue weighted by molar-refractivity contribution is 5.19. The molecule has 3 heteroatoms. The standard InChI is InChI=1S/C14H18F2O/c1-9-3-2-4-12(9)14(17)7-10-5-6-11(15)8-13(10)16/h5-6,8-9,12,14,17H,2-4,7H2,1H3. The molecule has 94 valence electrons. The van der Waals surface area contributed by atoms with Gasteiger partial charge >= 0.3 is 0 Å². The quantitative estimate of drug-likeness (QED) is 0.859. The Hall–Kier alpha value is -0.960. The number of halogens is 2. The average Bonchev–Trinajstić information content (AvgIpc) is 2.68. The van der Waals surface area contributed by atoms with Crippen molar-refractivity contribution < 1.29 is 13.9 Å². The Morgan fingerprint density at radius 2 is 2.12 bits per heavy atom. The van der Waals surface area contributed by atoms with Crippen LogP contribution in [0, 0.1) is 23.5 Å². The van der Waals surface area contributed by atoms with Gasteiger partial charge in [0, 0.05) is 12.5 Å². The highest BCUT2D eigenvalue weighted by atomic mass is 19.1. The molecule has 3 unspecified atom stereocenters. The van der Waals surface area contributed by atoms with Gasteiger partial charge in [-0.3, -0.25) is 0 Å². The summed E-state index contributed by atoms with van der Waals surface area (Å²) < 4.78 is 26.2. The lowest BCUT2D eigenvalue weighted by molar-refractivity contribution is 0.0893. The first-order valence-electron chi connectivity index (χ1n) is 6.20. The van der Waals surface area contributed by atoms with Crippen LogP contribution >= 0.6 is 0 Å². The predicted molar refractivity (Wildman–Crippen MR) is 62.6 cm³/mol. The summed E-state index contributed by atoms with van der Waals surface area (Å²) >= 11 is 0. The van der Waals surface area contributed by atoms with Gasteiger partial charge < -0.3 is 5.11 Å². The third-order valence-electron chi connectivity index (χ3n) is 3.87. The van der Waals surface area contributed by atoms with Crippen molar-refractivity contribution >= 4 is 0 Å². The second-order valence-electron chi connectivity index (χ2n) is 5.08. The van der Waals surface area contributed by atoms with Crippen LogP contribution in [0.25, 0.3) is 0 Å². The molecule has 1 aliphatic rings. The van der Waals surface area contributed by atoms with Gasteiger partial charge in [-0.1, -0.05) is 25.8 Å². The van der Waals surface area contributed by atoms with E-state index in [-0.39, 0.29) is 12.3 Å². The fourth-order valence-corrected chi connectivity index (χ4v) is 2.81. The predicted octanol–water partition coefficient (Wildman–Crippen LogP) is 3.30. The van der Waals surface area contributed by atoms with Gasteiger partial charge in [-0.05, 0) is 29.9 Å². The number of aliphatic hydroxyl groups is 1. The van der Waals surface area contributed by atoms with Crippen molar-refractivity contribution in [2.75, 3.05) is 0 Å². The molecule has 17 heavy (non-hydrogen) atoms. The molecule has 0 heterocycles. The molecule has 0 spiro atoms. The normalized spacial score (nSPS) is 26.1. The van der Waals surface area contributed by atoms with Crippen molar-refractivity contribution in [3.63, 3.8) is 0 Å². The van der Waals surface area contributed by atoms with Crippen LogP contribution in [-0.4, -0.2) is 11.2 Å². The molecule has 0 radical (unpaired) electrons. The van der Waals surface area contributed by atoms with Crippen LogP contribution in [-0.2, 0) is 6.42 Å². The van der Waals surface area contributed by atoms with Crippen LogP contribution < -0.4 is 0 Å². The summed E-state index contributed by atoms with van der Waals surface area (Å²) in [5.74, 6) is -0.391. The van der Waals surface area contributed by atoms with Gasteiger partial charge in [-0.2, -0.15) is 0 Å². The Bertz CT molecular complexity index is 392. The molecule has 3 atom stereocenters. The van der Waals surface area contributed by atoms with Crippen LogP contribution in [0.1, 0.15) is 31.7 Å². The Balaban J connectivity index is 2.04. The van der Waals surface area contributed by atoms with E-state index < -0.39 is 17.7 Å². The fourth-order valence-electron chi connectivity index (χ4n) is 2.81. The first-order valence-corrected chi connectivity index (χ1v) is 6.20. The molecule has 1 nitrogen and oxygen atoms in total. The van der Waals surface area contributed by atoms with Crippen LogP contribution in [0.3, 0.4) is 0 Å². The van der Waals surface area contributed by atoms with E-state index in [1.807, 2.05) is 0 Å². The third-order valence-corrected chi connectivity index (χ3v) is 3.87. The van der Waals surface area contributed by atoms with E-state index in [0.717, 1.165) is 25.3 Å². The molecule has 0 aliphatic heterocycles. The fraction of sp³-hybridized carbons (Fsp3) is 0.571. The van der Waals surface area contributed by atoms with Gasteiger partial charge in [0.15, 0.2) is 0 Å². The number of aliphatic hydroxyl groups excluding tert-OH is 1. The van der Waals surface area contributed by atoms with Gasteiger partial charge in [0.25, 0.3) is 0 Å². The summed E-state index contributed by atoms with van der Waals surface area (Å²) in [5, 5.41) is 10.1. The van der Waals surface area contributed by atoms with Crippen molar-refractivity contribution in [2.45, 2.75) is 38.7 Å². The molecule has 1 aromatic carbocycles. The first kappa shape index (κ1) is 12.5. The Kier molecular flexibility index (Phi) is 3.77. The molecular formula is C14H18F2O. The lowest BCUT2D eigenvalue weighted by atomic mass is 9.88. The highest BCUT2D eigenvalue weighted by Gasteiger charge is 2.30. The van der Waals surface area contributed by atoms with Crippen molar-refractivity contribution in [1.29, 1.82) is 0 Å². The van der Waals surface area contributed by atoms with Crippen LogP contribution in [0.4, 0.5) is 8.78 Å². The maximum absolute atomic E-state index is 13.4. The minimum Gasteiger partial charge on any atom is -0.392 e. The minimum atomic E-state index is -0.574. The molecule has 0 aromatic heterocycles. The largest absolute Gasteiger partial charge is 0.392 e. The molecule has 0 saturated heterocycles. The molecule has 1 fully saturated rings. The SMILES string of the molecule is CC1CCCC1C(O)Cc1ccc(F)cc1F. The van der Waals surface area contributed by atoms with E-state index in [0.29, 0.717) is 11.5 Å². The zero-order valence-electron chi connectivity index (χ0n) is 10.00. The summed E-state index contributed by atoms with van der Waals surface area (Å²) in [6, 6.07) is 3.54. The van der Waals surface area contributed by atoms with E-state index in [9.17, 15) is 13.9 Å². The Labute approximate surface area is 100 Å². The summed E-state index contributed by atoms with van der Waals surface area (Å²) in [7, 11) is 0. The molecule has 1 aliphatic carbocycles. The van der Waals surface area contributed by atoms with Crippen LogP contribution in [0.2, 0.25) is 0 Å². The van der Waals surface area contributed by atoms with E-state index in [4.69, 9.17) is 0 Å². The van der Waals surface area contributed by atoms with Crippen molar-refractivity contribution in [3.8, 4) is 0 Å². The van der Waals surface area contributed by atoms with Gasteiger partial charge in [-0.15, -0.1) is 0 Å². The van der Waals surface area contributed by atoms with Gasteiger partial charge in [-0.25, -0.2) is 8.78 Å². The molecule has 1 saturated carbocycles. The molecule has 1 aromatic rings. The van der Waals surface area contributed by atoms with Crippen molar-refractivity contribution in [2.24, 2.45) is 11.8 Å². The second-order valence-corrected chi connectivity index (χ2v) is 5.08. The molecule has 2 rings (SSSR count). The second kappa shape index (κ2) is 5.13. The smallest absolute Gasteiger partial charge is 0.129 e. The molecule has 0 amide bonds. The number of hydrogen-bond donors (Lipinski definition) is 1. The zero-order valence-corrected chi connectivity index (χ0v) is 10.00. The zero-order chi connectivity index (χ0) is 12.4. The number of rotatable bonds is 3. The van der Waals surface area contributed by atoms with E-state index in [1.54, 1.807) is 0 Å². The van der Waals surface area contributed by atoms with E-state index in [1.165, 1.54) is 12.1 Å². The van der Waals surface area contributed by atoms with Gasteiger partial charge in [0.1, 0.15) is 11.6 Å². The third kappa shape index (κ3) is 2.83. The van der Waals surface area contributed by atoms with Crippen LogP contribution in [0.15, 0.2) is 18.2 Å². The monoisotopic (exact) mass is 240 g/mol. The van der Waals surface area contributed by atoms with E-state index in [2.05, 4.69) is 6.92 Å². The van der Waals surface area contributed by atoms with Crippen LogP contribution in [0.5, 0.6) is 0 Å². The molecule has 1 N–H and O–H groups in total. The molecular weight excluding hydrogens is 222 g/mol. The Morgan fingerprint density at radius 3 is 2.71 bits per heavy atom. The van der Waals surface area contributed by atoms with Gasteiger partial charge in [0.05, 0.1) is 6.10 Å². The molecule has 0 bridgehead atoms. The maximum Gasteiger partial charge on any atom is 0.129 e. The van der Waals surface area contributed by atoms with Crippen molar-refractivity contribution in [1.82, 2.24) is 0 Å². The summed E-state index contributed by atoms with van der Waals surface area (Å²) in [6.45, 7) is 2.13. The highest BCUT2D eigenvalue weighted by Crippen LogP contribution is 2.34. The van der Waals surface area contributed by atoms with E-state index >= 15 is 0 Å². The average molecular weight is 240 g/mol. The summed E-state index contributed by atoms with van der Waals surface area (Å²) in [4.78, 5) is 0. The number of benzene rings is 1. The Morgan fingerprint density at radius 1 is 1.35 bits per heavy atom. The lowest BCUT2D eigenvalue weighted by Gasteiger charge is -2.22. The van der Waals surface area contributed by atoms with Crippen molar-refractivity contribution in [3.05, 3.63) is 35.4 Å². The minimum absolute atomic E-state index is 0.249. The lowest BCUT2D eigenvalue weighted by Crippen LogP contribution is -2.25. The summed E-state index contributed by atoms with van der Waals surface area (Å²) in [5.41, 5.74) is 0.401. The topological polar surface area (TPSA) is 20.2 Å². The van der Waals surface area contributed by atoms with Gasteiger partial charge in [0.2, 0.25) is 0 Å². The maximum atomic E-state index is 13.4. The first-order chi connectivity index (χ1) is 8.08.